The van der Waals surface area contributed by atoms with Crippen LogP contribution in [0.5, 0.6) is 0 Å². The first-order chi connectivity index (χ1) is 10.2. The molecule has 1 aromatic rings. The summed E-state index contributed by atoms with van der Waals surface area (Å²) < 4.78 is 2.02. The molecule has 0 bridgehead atoms. The van der Waals surface area contributed by atoms with Crippen molar-refractivity contribution in [3.05, 3.63) is 28.6 Å². The highest BCUT2D eigenvalue weighted by molar-refractivity contribution is 8.08. The molecule has 0 aromatic carbocycles. The van der Waals surface area contributed by atoms with Crippen LogP contribution in [0.2, 0.25) is 0 Å². The summed E-state index contributed by atoms with van der Waals surface area (Å²) >= 11 is 1.68. The van der Waals surface area contributed by atoms with Gasteiger partial charge in [0.1, 0.15) is 17.5 Å². The molecule has 1 N–H and O–H groups in total. The molecule has 0 fully saturated rings. The second kappa shape index (κ2) is 7.00. The molecule has 0 aliphatic carbocycles. The van der Waals surface area contributed by atoms with Crippen molar-refractivity contribution in [1.82, 2.24) is 4.57 Å². The summed E-state index contributed by atoms with van der Waals surface area (Å²) in [6.45, 7) is 6.47. The van der Waals surface area contributed by atoms with Crippen LogP contribution in [-0.2, 0) is 12.8 Å². The van der Waals surface area contributed by atoms with Crippen molar-refractivity contribution in [3.8, 4) is 6.07 Å². The first kappa shape index (κ1) is 15.9. The van der Waals surface area contributed by atoms with E-state index in [9.17, 15) is 5.26 Å². The molecule has 112 valence electrons. The number of unbranched alkanes of at least 4 members (excludes halogenated alkanes) is 1. The Balaban J connectivity index is 2.53. The molecular formula is C17H23N3S. The Hall–Kier alpha value is -1.47. The summed E-state index contributed by atoms with van der Waals surface area (Å²) in [6.07, 6.45) is 5.44. The number of nitrogens with one attached hydrogen (secondary N) is 1. The van der Waals surface area contributed by atoms with Gasteiger partial charge in [0.2, 0.25) is 0 Å². The summed E-state index contributed by atoms with van der Waals surface area (Å²) in [5.74, 6) is 1.30. The molecular weight excluding hydrogens is 278 g/mol. The van der Waals surface area contributed by atoms with E-state index in [2.05, 4.69) is 32.9 Å². The van der Waals surface area contributed by atoms with Crippen LogP contribution in [0.1, 0.15) is 57.0 Å². The number of aryl methyl sites for hydroxylation is 1. The third-order valence-electron chi connectivity index (χ3n) is 3.80. The standard InChI is InChI=1S/C17H23N3S/c1-4-7-9-14-12(8-5-2)10-15-16(21-6-3)13(11-18)17(19)20(14)15/h10,19H,4-9H2,1-3H3. The van der Waals surface area contributed by atoms with E-state index in [1.54, 1.807) is 11.8 Å². The van der Waals surface area contributed by atoms with Crippen molar-refractivity contribution in [1.29, 1.82) is 10.7 Å². The van der Waals surface area contributed by atoms with Gasteiger partial charge in [-0.1, -0.05) is 33.6 Å². The number of thioether (sulfide) groups is 1. The van der Waals surface area contributed by atoms with Gasteiger partial charge in [-0.3, -0.25) is 9.98 Å². The Morgan fingerprint density at radius 2 is 2.00 bits per heavy atom. The average molecular weight is 301 g/mol. The lowest BCUT2D eigenvalue weighted by Crippen LogP contribution is -2.13. The maximum atomic E-state index is 9.39. The van der Waals surface area contributed by atoms with Gasteiger partial charge in [-0.2, -0.15) is 5.26 Å². The topological polar surface area (TPSA) is 52.6 Å². The van der Waals surface area contributed by atoms with Crippen molar-refractivity contribution in [2.24, 2.45) is 0 Å². The van der Waals surface area contributed by atoms with Crippen molar-refractivity contribution in [3.63, 3.8) is 0 Å². The molecule has 1 aliphatic heterocycles. The van der Waals surface area contributed by atoms with E-state index in [0.717, 1.165) is 48.5 Å². The maximum Gasteiger partial charge on any atom is 0.149 e. The minimum atomic E-state index is 0.372. The van der Waals surface area contributed by atoms with Crippen LogP contribution in [0.15, 0.2) is 11.6 Å². The Labute approximate surface area is 131 Å². The van der Waals surface area contributed by atoms with Gasteiger partial charge >= 0.3 is 0 Å². The highest BCUT2D eigenvalue weighted by Gasteiger charge is 2.30. The quantitative estimate of drug-likeness (QED) is 0.799. The van der Waals surface area contributed by atoms with E-state index in [1.807, 2.05) is 4.57 Å². The zero-order chi connectivity index (χ0) is 15.4. The largest absolute Gasteiger partial charge is 0.297 e. The van der Waals surface area contributed by atoms with E-state index in [1.165, 1.54) is 11.3 Å². The molecule has 0 saturated carbocycles. The Morgan fingerprint density at radius 3 is 2.57 bits per heavy atom. The minimum absolute atomic E-state index is 0.372. The third-order valence-corrected chi connectivity index (χ3v) is 4.79. The molecule has 0 saturated heterocycles. The minimum Gasteiger partial charge on any atom is -0.297 e. The van der Waals surface area contributed by atoms with E-state index >= 15 is 0 Å². The molecule has 1 aromatic heterocycles. The van der Waals surface area contributed by atoms with Crippen LogP contribution in [0.25, 0.3) is 4.91 Å². The van der Waals surface area contributed by atoms with E-state index in [4.69, 9.17) is 5.41 Å². The van der Waals surface area contributed by atoms with Crippen molar-refractivity contribution in [2.45, 2.75) is 52.9 Å². The number of hydrogen-bond acceptors (Lipinski definition) is 3. The van der Waals surface area contributed by atoms with Gasteiger partial charge in [0.25, 0.3) is 0 Å². The smallest absolute Gasteiger partial charge is 0.149 e. The lowest BCUT2D eigenvalue weighted by atomic mass is 10.1. The van der Waals surface area contributed by atoms with Crippen LogP contribution in [0, 0.1) is 16.7 Å². The van der Waals surface area contributed by atoms with Crippen LogP contribution in [-0.4, -0.2) is 16.2 Å². The zero-order valence-electron chi connectivity index (χ0n) is 13.1. The van der Waals surface area contributed by atoms with Crippen LogP contribution in [0.4, 0.5) is 0 Å². The summed E-state index contributed by atoms with van der Waals surface area (Å²) in [5.41, 5.74) is 4.21. The highest BCUT2D eigenvalue weighted by Crippen LogP contribution is 2.39. The Morgan fingerprint density at radius 1 is 1.24 bits per heavy atom. The van der Waals surface area contributed by atoms with E-state index in [-0.39, 0.29) is 0 Å². The maximum absolute atomic E-state index is 9.39. The van der Waals surface area contributed by atoms with Gasteiger partial charge < -0.3 is 0 Å². The Bertz CT molecular complexity index is 617. The number of fused-ring (bicyclic) bond motifs is 1. The summed E-state index contributed by atoms with van der Waals surface area (Å²) in [6, 6.07) is 4.44. The van der Waals surface area contributed by atoms with Gasteiger partial charge in [-0.25, -0.2) is 0 Å². The molecule has 2 rings (SSSR count). The SMILES string of the molecule is CCCCc1c(CCC)cc2n1C(=N)C(C#N)=C2SCC. The fourth-order valence-electron chi connectivity index (χ4n) is 2.87. The van der Waals surface area contributed by atoms with Crippen LogP contribution >= 0.6 is 11.8 Å². The second-order valence-corrected chi connectivity index (χ2v) is 6.56. The lowest BCUT2D eigenvalue weighted by molar-refractivity contribution is 0.753. The fourth-order valence-corrected chi connectivity index (χ4v) is 3.74. The van der Waals surface area contributed by atoms with Crippen molar-refractivity contribution < 1.29 is 0 Å². The molecule has 0 radical (unpaired) electrons. The van der Waals surface area contributed by atoms with Crippen molar-refractivity contribution >= 4 is 22.5 Å². The molecule has 21 heavy (non-hydrogen) atoms. The van der Waals surface area contributed by atoms with Gasteiger partial charge in [0, 0.05) is 5.69 Å². The van der Waals surface area contributed by atoms with Gasteiger partial charge in [-0.15, -0.1) is 11.8 Å². The Kier molecular flexibility index (Phi) is 5.30. The number of hydrogen-bond donors (Lipinski definition) is 1. The summed E-state index contributed by atoms with van der Waals surface area (Å²) in [7, 11) is 0. The first-order valence-electron chi connectivity index (χ1n) is 7.79. The fraction of sp³-hybridized carbons (Fsp3) is 0.529. The normalized spacial score (nSPS) is 13.7. The zero-order valence-corrected chi connectivity index (χ0v) is 13.9. The van der Waals surface area contributed by atoms with Crippen molar-refractivity contribution in [2.75, 3.05) is 5.75 Å². The summed E-state index contributed by atoms with van der Waals surface area (Å²) in [4.78, 5) is 0.991. The molecule has 0 unspecified atom stereocenters. The van der Waals surface area contributed by atoms with Gasteiger partial charge in [0.15, 0.2) is 0 Å². The number of allylic oxidation sites excluding steroid dienone is 1. The van der Waals surface area contributed by atoms with Gasteiger partial charge in [-0.05, 0) is 36.6 Å². The number of aromatic nitrogens is 1. The first-order valence-corrected chi connectivity index (χ1v) is 8.78. The highest BCUT2D eigenvalue weighted by atomic mass is 32.2. The summed E-state index contributed by atoms with van der Waals surface area (Å²) in [5, 5.41) is 17.8. The predicted molar refractivity (Wildman–Crippen MR) is 90.8 cm³/mol. The molecule has 0 atom stereocenters. The predicted octanol–water partition coefficient (Wildman–Crippen LogP) is 4.61. The molecule has 1 aliphatic rings. The molecule has 3 nitrogen and oxygen atoms in total. The average Bonchev–Trinajstić information content (AvgIpc) is 2.94. The third kappa shape index (κ3) is 2.80. The lowest BCUT2D eigenvalue weighted by Gasteiger charge is -2.09. The van der Waals surface area contributed by atoms with E-state index < -0.39 is 0 Å². The van der Waals surface area contributed by atoms with Gasteiger partial charge in [0.05, 0.1) is 10.6 Å². The number of nitriles is 1. The second-order valence-electron chi connectivity index (χ2n) is 5.29. The molecule has 0 amide bonds. The van der Waals surface area contributed by atoms with E-state index in [0.29, 0.717) is 11.4 Å². The number of nitrogens with zero attached hydrogens (tertiary/aromatic N) is 2. The molecule has 4 heteroatoms. The monoisotopic (exact) mass is 301 g/mol. The molecule has 0 spiro atoms. The molecule has 2 heterocycles. The van der Waals surface area contributed by atoms with Crippen LogP contribution in [0.3, 0.4) is 0 Å². The number of rotatable bonds is 7. The van der Waals surface area contributed by atoms with Crippen LogP contribution < -0.4 is 0 Å².